The van der Waals surface area contributed by atoms with Gasteiger partial charge in [-0.15, -0.1) is 6.42 Å². The van der Waals surface area contributed by atoms with Crippen molar-refractivity contribution < 1.29 is 25.1 Å². The second-order valence-electron chi connectivity index (χ2n) is 5.31. The van der Waals surface area contributed by atoms with Gasteiger partial charge in [-0.05, 0) is 35.6 Å². The van der Waals surface area contributed by atoms with E-state index in [1.807, 2.05) is 25.1 Å². The molecule has 1 N–H and O–H groups in total. The molecule has 0 saturated heterocycles. The Labute approximate surface area is 129 Å². The van der Waals surface area contributed by atoms with Crippen molar-refractivity contribution in [1.82, 2.24) is 0 Å². The first-order chi connectivity index (χ1) is 8.89. The number of rotatable bonds is 0. The summed E-state index contributed by atoms with van der Waals surface area (Å²) in [5, 5.41) is 9.36. The molecule has 19 heavy (non-hydrogen) atoms. The zero-order valence-corrected chi connectivity index (χ0v) is 13.9. The molecule has 1 aliphatic carbocycles. The van der Waals surface area contributed by atoms with E-state index in [0.29, 0.717) is 5.75 Å². The van der Waals surface area contributed by atoms with E-state index in [0.717, 1.165) is 12.0 Å². The molecule has 0 fully saturated rings. The molecule has 0 saturated carbocycles. The van der Waals surface area contributed by atoms with Gasteiger partial charge in [-0.25, -0.2) is 12.2 Å². The Bertz CT molecular complexity index is 409. The Morgan fingerprint density at radius 2 is 1.84 bits per heavy atom. The van der Waals surface area contributed by atoms with Crippen molar-refractivity contribution in [3.05, 3.63) is 53.6 Å². The molecule has 0 bridgehead atoms. The molecule has 0 spiro atoms. The SMILES string of the molecule is Cc1cc(O)cc(C(C)(C)C)c1.[C-]1=CC=CC1.[CH2]=[Ti+]. The van der Waals surface area contributed by atoms with E-state index in [1.165, 1.54) is 5.56 Å². The Hall–Kier alpha value is -0.916. The fourth-order valence-corrected chi connectivity index (χ4v) is 1.54. The molecule has 1 aromatic rings. The number of hydrogen-bond acceptors (Lipinski definition) is 1. The first-order valence-electron chi connectivity index (χ1n) is 6.28. The molecule has 1 nitrogen and oxygen atoms in total. The van der Waals surface area contributed by atoms with Gasteiger partial charge in [-0.2, -0.15) is 6.08 Å². The summed E-state index contributed by atoms with van der Waals surface area (Å²) in [6, 6.07) is 5.71. The minimum absolute atomic E-state index is 0.115. The van der Waals surface area contributed by atoms with Crippen LogP contribution in [0.5, 0.6) is 5.75 Å². The van der Waals surface area contributed by atoms with Crippen LogP contribution in [-0.4, -0.2) is 9.92 Å². The van der Waals surface area contributed by atoms with Gasteiger partial charge in [0.15, 0.2) is 0 Å². The van der Waals surface area contributed by atoms with Crippen molar-refractivity contribution in [3.63, 3.8) is 0 Å². The van der Waals surface area contributed by atoms with E-state index >= 15 is 0 Å². The average Bonchev–Trinajstić information content (AvgIpc) is 2.88. The Balaban J connectivity index is 0.000000383. The predicted octanol–water partition coefficient (Wildman–Crippen LogP) is 4.27. The fraction of sp³-hybridized carbons (Fsp3) is 0.353. The summed E-state index contributed by atoms with van der Waals surface area (Å²) < 4.78 is 0. The van der Waals surface area contributed by atoms with Gasteiger partial charge < -0.3 is 5.11 Å². The molecule has 2 heteroatoms. The molecule has 1 aliphatic rings. The molecule has 0 amide bonds. The van der Waals surface area contributed by atoms with E-state index in [2.05, 4.69) is 43.8 Å². The third kappa shape index (κ3) is 7.97. The number of allylic oxidation sites excluding steroid dienone is 4. The summed E-state index contributed by atoms with van der Waals surface area (Å²) in [5.74, 6) is 0.361. The van der Waals surface area contributed by atoms with Gasteiger partial charge in [-0.3, -0.25) is 6.08 Å². The minimum atomic E-state index is 0.115. The molecule has 0 aromatic heterocycles. The molecule has 0 heterocycles. The normalized spacial score (nSPS) is 12.3. The Kier molecular flexibility index (Phi) is 8.63. The van der Waals surface area contributed by atoms with E-state index in [9.17, 15) is 5.11 Å². The van der Waals surface area contributed by atoms with Crippen LogP contribution in [0.4, 0.5) is 0 Å². The van der Waals surface area contributed by atoms with Gasteiger partial charge in [0.1, 0.15) is 5.75 Å². The monoisotopic (exact) mass is 291 g/mol. The molecular formula is C17H23OTi. The van der Waals surface area contributed by atoms with Crippen LogP contribution < -0.4 is 0 Å². The van der Waals surface area contributed by atoms with Crippen LogP contribution in [0.15, 0.2) is 36.4 Å². The molecular weight excluding hydrogens is 268 g/mol. The summed E-state index contributed by atoms with van der Waals surface area (Å²) in [4.78, 5) is 3.25. The zero-order chi connectivity index (χ0) is 14.9. The zero-order valence-electron chi connectivity index (χ0n) is 12.3. The molecule has 0 aliphatic heterocycles. The van der Waals surface area contributed by atoms with E-state index < -0.39 is 0 Å². The van der Waals surface area contributed by atoms with Crippen molar-refractivity contribution in [2.75, 3.05) is 0 Å². The van der Waals surface area contributed by atoms with Gasteiger partial charge in [-0.1, -0.05) is 26.8 Å². The van der Waals surface area contributed by atoms with Crippen molar-refractivity contribution in [2.24, 2.45) is 0 Å². The van der Waals surface area contributed by atoms with Crippen LogP contribution in [-0.2, 0) is 25.4 Å². The summed E-state index contributed by atoms with van der Waals surface area (Å²) in [6.45, 7) is 8.42. The van der Waals surface area contributed by atoms with Crippen molar-refractivity contribution >= 4 is 4.82 Å². The van der Waals surface area contributed by atoms with Gasteiger partial charge in [0.2, 0.25) is 0 Å². The fourth-order valence-electron chi connectivity index (χ4n) is 1.54. The second-order valence-corrected chi connectivity index (χ2v) is 5.31. The molecule has 0 unspecified atom stereocenters. The van der Waals surface area contributed by atoms with Crippen molar-refractivity contribution in [3.8, 4) is 5.75 Å². The quantitative estimate of drug-likeness (QED) is 0.559. The number of aromatic hydroxyl groups is 1. The number of aryl methyl sites for hydroxylation is 1. The summed E-state index contributed by atoms with van der Waals surface area (Å²) in [5.41, 5.74) is 2.41. The Morgan fingerprint density at radius 3 is 2.16 bits per heavy atom. The molecule has 2 rings (SSSR count). The Morgan fingerprint density at radius 1 is 1.21 bits per heavy atom. The van der Waals surface area contributed by atoms with Crippen LogP contribution in [0.1, 0.15) is 38.3 Å². The third-order valence-electron chi connectivity index (χ3n) is 2.51. The predicted molar refractivity (Wildman–Crippen MR) is 80.2 cm³/mol. The van der Waals surface area contributed by atoms with Gasteiger partial charge in [0.05, 0.1) is 0 Å². The van der Waals surface area contributed by atoms with Crippen LogP contribution in [0.3, 0.4) is 0 Å². The number of hydrogen-bond donors (Lipinski definition) is 1. The average molecular weight is 291 g/mol. The van der Waals surface area contributed by atoms with Gasteiger partial charge in [0, 0.05) is 0 Å². The van der Waals surface area contributed by atoms with Gasteiger partial charge >= 0.3 is 24.8 Å². The number of phenolic OH excluding ortho intramolecular Hbond substituents is 1. The van der Waals surface area contributed by atoms with E-state index in [4.69, 9.17) is 0 Å². The summed E-state index contributed by atoms with van der Waals surface area (Å²) >= 11 is 1.75. The van der Waals surface area contributed by atoms with Gasteiger partial charge in [0.25, 0.3) is 0 Å². The van der Waals surface area contributed by atoms with Crippen LogP contribution >= 0.6 is 0 Å². The maximum atomic E-state index is 9.36. The second kappa shape index (κ2) is 9.06. The van der Waals surface area contributed by atoms with Crippen LogP contribution in [0, 0.1) is 13.0 Å². The van der Waals surface area contributed by atoms with Crippen molar-refractivity contribution in [1.29, 1.82) is 0 Å². The molecule has 0 atom stereocenters. The molecule has 0 radical (unpaired) electrons. The summed E-state index contributed by atoms with van der Waals surface area (Å²) in [7, 11) is 0. The first-order valence-corrected chi connectivity index (χ1v) is 7.38. The summed E-state index contributed by atoms with van der Waals surface area (Å²) in [6.07, 6.45) is 10.0. The number of phenols is 1. The number of benzene rings is 1. The van der Waals surface area contributed by atoms with E-state index in [1.54, 1.807) is 26.0 Å². The van der Waals surface area contributed by atoms with Crippen LogP contribution in [0.2, 0.25) is 0 Å². The maximum absolute atomic E-state index is 9.36. The van der Waals surface area contributed by atoms with Crippen molar-refractivity contribution in [2.45, 2.75) is 39.5 Å². The third-order valence-corrected chi connectivity index (χ3v) is 2.51. The standard InChI is InChI=1S/C11H16O.C5H5.CH2.Ti/c1-8-5-9(11(2,3)4)7-10(12)6-8;1-2-4-5-3-1;;/h5-7,12H,1-4H3;1-3H,4H2;1H2;/q;-1;;+1. The molecule has 101 valence electrons. The van der Waals surface area contributed by atoms with Crippen LogP contribution in [0.25, 0.3) is 0 Å². The first kappa shape index (κ1) is 18.1. The van der Waals surface area contributed by atoms with E-state index in [-0.39, 0.29) is 5.41 Å². The topological polar surface area (TPSA) is 20.2 Å². The molecule has 1 aromatic carbocycles.